The molecule has 1 heterocycles. The molecule has 2 aromatic carbocycles. The minimum absolute atomic E-state index is 0.0285. The Balaban J connectivity index is 1.96. The van der Waals surface area contributed by atoms with Gasteiger partial charge >= 0.3 is 0 Å². The molecule has 3 rings (SSSR count). The van der Waals surface area contributed by atoms with Gasteiger partial charge in [0, 0.05) is 27.0 Å². The van der Waals surface area contributed by atoms with E-state index in [1.807, 2.05) is 36.4 Å². The van der Waals surface area contributed by atoms with Crippen LogP contribution in [0.4, 0.5) is 0 Å². The number of rotatable bonds is 1. The fraction of sp³-hybridized carbons (Fsp3) is 0.200. The summed E-state index contributed by atoms with van der Waals surface area (Å²) < 4.78 is 7.95. The van der Waals surface area contributed by atoms with Crippen LogP contribution in [0.2, 0.25) is 5.02 Å². The lowest BCUT2D eigenvalue weighted by Crippen LogP contribution is -2.24. The van der Waals surface area contributed by atoms with Gasteiger partial charge in [0.1, 0.15) is 11.9 Å². The van der Waals surface area contributed by atoms with Crippen LogP contribution < -0.4 is 10.5 Å². The van der Waals surface area contributed by atoms with Crippen LogP contribution in [0, 0.1) is 0 Å². The summed E-state index contributed by atoms with van der Waals surface area (Å²) in [6.07, 6.45) is 0.671. The largest absolute Gasteiger partial charge is 0.485 e. The van der Waals surface area contributed by atoms with Gasteiger partial charge in [-0.15, -0.1) is 0 Å². The smallest absolute Gasteiger partial charge is 0.126 e. The summed E-state index contributed by atoms with van der Waals surface area (Å²) in [5.41, 5.74) is 8.34. The van der Waals surface area contributed by atoms with E-state index in [0.29, 0.717) is 5.02 Å². The molecule has 5 heteroatoms. The Kier molecular flexibility index (Phi) is 4.09. The van der Waals surface area contributed by atoms with Crippen molar-refractivity contribution in [3.8, 4) is 5.75 Å². The summed E-state index contributed by atoms with van der Waals surface area (Å²) in [5.74, 6) is 0.835. The minimum atomic E-state index is -0.0719. The second-order valence-electron chi connectivity index (χ2n) is 4.80. The van der Waals surface area contributed by atoms with Gasteiger partial charge in [-0.05, 0) is 45.8 Å². The molecule has 0 aliphatic carbocycles. The maximum absolute atomic E-state index is 6.25. The average Bonchev–Trinajstić information content (AvgIpc) is 2.41. The number of ether oxygens (including phenoxy) is 1. The number of hydrogen-bond acceptors (Lipinski definition) is 2. The first-order valence-corrected chi connectivity index (χ1v) is 8.17. The molecule has 0 aromatic heterocycles. The van der Waals surface area contributed by atoms with Crippen LogP contribution >= 0.6 is 43.5 Å². The van der Waals surface area contributed by atoms with Gasteiger partial charge in [-0.2, -0.15) is 0 Å². The van der Waals surface area contributed by atoms with Gasteiger partial charge < -0.3 is 10.5 Å². The van der Waals surface area contributed by atoms with E-state index in [4.69, 9.17) is 22.1 Å². The lowest BCUT2D eigenvalue weighted by atomic mass is 9.94. The van der Waals surface area contributed by atoms with Crippen molar-refractivity contribution in [1.29, 1.82) is 0 Å². The highest BCUT2D eigenvalue weighted by Gasteiger charge is 2.27. The first-order chi connectivity index (χ1) is 9.54. The quantitative estimate of drug-likeness (QED) is 0.675. The van der Waals surface area contributed by atoms with Crippen molar-refractivity contribution in [3.05, 3.63) is 61.5 Å². The monoisotopic (exact) mass is 415 g/mol. The molecule has 2 aromatic rings. The van der Waals surface area contributed by atoms with Crippen molar-refractivity contribution >= 4 is 43.5 Å². The predicted molar refractivity (Wildman–Crippen MR) is 88.2 cm³/mol. The zero-order chi connectivity index (χ0) is 14.3. The van der Waals surface area contributed by atoms with E-state index in [9.17, 15) is 0 Å². The van der Waals surface area contributed by atoms with Crippen molar-refractivity contribution in [2.75, 3.05) is 0 Å². The molecule has 0 saturated carbocycles. The maximum Gasteiger partial charge on any atom is 0.126 e. The molecule has 0 saturated heterocycles. The van der Waals surface area contributed by atoms with E-state index in [2.05, 4.69) is 31.9 Å². The van der Waals surface area contributed by atoms with Crippen LogP contribution in [-0.2, 0) is 0 Å². The fourth-order valence-corrected chi connectivity index (χ4v) is 3.17. The van der Waals surface area contributed by atoms with Gasteiger partial charge in [0.25, 0.3) is 0 Å². The molecule has 0 spiro atoms. The molecule has 0 bridgehead atoms. The molecule has 0 amide bonds. The van der Waals surface area contributed by atoms with Gasteiger partial charge in [0.05, 0.1) is 5.02 Å². The molecule has 1 aliphatic heterocycles. The van der Waals surface area contributed by atoms with Gasteiger partial charge in [-0.3, -0.25) is 0 Å². The molecule has 104 valence electrons. The summed E-state index contributed by atoms with van der Waals surface area (Å²) in [5, 5.41) is 0.680. The first-order valence-electron chi connectivity index (χ1n) is 6.21. The highest BCUT2D eigenvalue weighted by atomic mass is 79.9. The van der Waals surface area contributed by atoms with Crippen molar-refractivity contribution in [2.45, 2.75) is 18.6 Å². The molecular weight excluding hydrogens is 405 g/mol. The number of hydrogen-bond donors (Lipinski definition) is 1. The van der Waals surface area contributed by atoms with Crippen molar-refractivity contribution in [3.63, 3.8) is 0 Å². The second-order valence-corrected chi connectivity index (χ2v) is 6.98. The summed E-state index contributed by atoms with van der Waals surface area (Å²) in [6.45, 7) is 0. The van der Waals surface area contributed by atoms with Crippen LogP contribution in [-0.4, -0.2) is 0 Å². The van der Waals surface area contributed by atoms with E-state index in [1.165, 1.54) is 0 Å². The third-order valence-electron chi connectivity index (χ3n) is 3.43. The molecule has 0 radical (unpaired) electrons. The minimum Gasteiger partial charge on any atom is -0.485 e. The predicted octanol–water partition coefficient (Wildman–Crippen LogP) is 5.39. The zero-order valence-corrected chi connectivity index (χ0v) is 14.4. The molecule has 20 heavy (non-hydrogen) atoms. The maximum atomic E-state index is 6.25. The van der Waals surface area contributed by atoms with Gasteiger partial charge in [-0.25, -0.2) is 0 Å². The van der Waals surface area contributed by atoms with E-state index in [1.54, 1.807) is 0 Å². The molecule has 2 atom stereocenters. The van der Waals surface area contributed by atoms with Crippen molar-refractivity contribution in [2.24, 2.45) is 5.73 Å². The SMILES string of the molecule is N[C@@H]1CC(c2ccc(Br)c(Cl)c2)Oc2cc(Br)ccc21. The molecule has 0 fully saturated rings. The Hall–Kier alpha value is -0.550. The van der Waals surface area contributed by atoms with E-state index < -0.39 is 0 Å². The Morgan fingerprint density at radius 3 is 2.70 bits per heavy atom. The van der Waals surface area contributed by atoms with Crippen molar-refractivity contribution in [1.82, 2.24) is 0 Å². The van der Waals surface area contributed by atoms with Crippen LogP contribution in [0.15, 0.2) is 45.3 Å². The lowest BCUT2D eigenvalue weighted by molar-refractivity contribution is 0.161. The Labute approximate surface area is 139 Å². The summed E-state index contributed by atoms with van der Waals surface area (Å²) >= 11 is 13.0. The topological polar surface area (TPSA) is 35.2 Å². The Morgan fingerprint density at radius 1 is 1.15 bits per heavy atom. The molecule has 2 N–H and O–H groups in total. The van der Waals surface area contributed by atoms with Crippen molar-refractivity contribution < 1.29 is 4.74 Å². The van der Waals surface area contributed by atoms with Crippen LogP contribution in [0.1, 0.15) is 29.7 Å². The van der Waals surface area contributed by atoms with Crippen LogP contribution in [0.25, 0.3) is 0 Å². The molecule has 1 unspecified atom stereocenters. The summed E-state index contributed by atoms with van der Waals surface area (Å²) in [4.78, 5) is 0. The molecule has 1 aliphatic rings. The molecule has 2 nitrogen and oxygen atoms in total. The number of fused-ring (bicyclic) bond motifs is 1. The highest BCUT2D eigenvalue weighted by Crippen LogP contribution is 2.41. The van der Waals surface area contributed by atoms with E-state index in [-0.39, 0.29) is 12.1 Å². The lowest BCUT2D eigenvalue weighted by Gasteiger charge is -2.30. The van der Waals surface area contributed by atoms with Gasteiger partial charge in [0.2, 0.25) is 0 Å². The first kappa shape index (κ1) is 14.4. The molecular formula is C15H12Br2ClNO. The third-order valence-corrected chi connectivity index (χ3v) is 5.15. The summed E-state index contributed by atoms with van der Waals surface area (Å²) in [6, 6.07) is 11.8. The number of benzene rings is 2. The third kappa shape index (κ3) is 2.75. The number of nitrogens with two attached hydrogens (primary N) is 1. The number of halogens is 3. The Morgan fingerprint density at radius 2 is 1.95 bits per heavy atom. The Bertz CT molecular complexity index is 662. The normalized spacial score (nSPS) is 21.2. The van der Waals surface area contributed by atoms with Crippen LogP contribution in [0.5, 0.6) is 5.75 Å². The van der Waals surface area contributed by atoms with E-state index >= 15 is 0 Å². The fourth-order valence-electron chi connectivity index (χ4n) is 2.39. The summed E-state index contributed by atoms with van der Waals surface area (Å²) in [7, 11) is 0. The zero-order valence-electron chi connectivity index (χ0n) is 10.4. The average molecular weight is 418 g/mol. The van der Waals surface area contributed by atoms with Gasteiger partial charge in [-0.1, -0.05) is 39.7 Å². The van der Waals surface area contributed by atoms with E-state index in [0.717, 1.165) is 32.2 Å². The standard InChI is InChI=1S/C15H12Br2ClNO/c16-9-2-3-10-13(19)7-14(20-15(10)6-9)8-1-4-11(17)12(18)5-8/h1-6,13-14H,7,19H2/t13-,14?/m1/s1. The van der Waals surface area contributed by atoms with Crippen LogP contribution in [0.3, 0.4) is 0 Å². The highest BCUT2D eigenvalue weighted by molar-refractivity contribution is 9.10. The second kappa shape index (κ2) is 5.68. The van der Waals surface area contributed by atoms with Gasteiger partial charge in [0.15, 0.2) is 0 Å².